The molecule has 13 heavy (non-hydrogen) atoms. The first kappa shape index (κ1) is 9.97. The largest absolute Gasteiger partial charge is 0.299 e. The summed E-state index contributed by atoms with van der Waals surface area (Å²) in [7, 11) is 0. The Hall–Kier alpha value is -1.11. The van der Waals surface area contributed by atoms with Crippen LogP contribution in [-0.2, 0) is 10.2 Å². The van der Waals surface area contributed by atoms with Gasteiger partial charge in [0.1, 0.15) is 5.78 Å². The van der Waals surface area contributed by atoms with Crippen LogP contribution in [-0.4, -0.2) is 5.78 Å². The maximum absolute atomic E-state index is 11.5. The summed E-state index contributed by atoms with van der Waals surface area (Å²) in [5.74, 6) is 0.237. The van der Waals surface area contributed by atoms with Gasteiger partial charge in [-0.1, -0.05) is 37.3 Å². The molecule has 1 rings (SSSR count). The topological polar surface area (TPSA) is 17.1 Å². The SMILES string of the molecule is CCC(C)(C(C)=O)c1ccccc1. The quantitative estimate of drug-likeness (QED) is 0.692. The third-order valence-corrected chi connectivity index (χ3v) is 2.90. The van der Waals surface area contributed by atoms with Gasteiger partial charge in [-0.25, -0.2) is 0 Å². The molecule has 0 aromatic heterocycles. The van der Waals surface area contributed by atoms with Crippen LogP contribution in [0, 0.1) is 0 Å². The first-order chi connectivity index (χ1) is 6.11. The number of Topliss-reactive ketones (excluding diaryl/α,β-unsaturated/α-hetero) is 1. The van der Waals surface area contributed by atoms with Gasteiger partial charge in [-0.15, -0.1) is 0 Å². The second-order valence-electron chi connectivity index (χ2n) is 3.61. The van der Waals surface area contributed by atoms with Gasteiger partial charge in [0.2, 0.25) is 0 Å². The molecular formula is C12H16O. The molecule has 0 radical (unpaired) electrons. The standard InChI is InChI=1S/C12H16O/c1-4-12(3,10(2)13)11-8-6-5-7-9-11/h5-9H,4H2,1-3H3. The summed E-state index contributed by atoms with van der Waals surface area (Å²) >= 11 is 0. The molecule has 1 atom stereocenters. The Balaban J connectivity index is 3.11. The van der Waals surface area contributed by atoms with Crippen LogP contribution in [0.5, 0.6) is 0 Å². The van der Waals surface area contributed by atoms with Crippen molar-refractivity contribution in [3.63, 3.8) is 0 Å². The highest BCUT2D eigenvalue weighted by molar-refractivity contribution is 5.87. The smallest absolute Gasteiger partial charge is 0.140 e. The summed E-state index contributed by atoms with van der Waals surface area (Å²) < 4.78 is 0. The molecule has 0 saturated heterocycles. The molecule has 0 bridgehead atoms. The van der Waals surface area contributed by atoms with Gasteiger partial charge in [0.25, 0.3) is 0 Å². The van der Waals surface area contributed by atoms with Gasteiger partial charge in [0.05, 0.1) is 5.41 Å². The molecule has 1 heteroatoms. The molecule has 1 nitrogen and oxygen atoms in total. The Morgan fingerprint density at radius 3 is 2.23 bits per heavy atom. The first-order valence-corrected chi connectivity index (χ1v) is 4.68. The zero-order valence-corrected chi connectivity index (χ0v) is 8.50. The van der Waals surface area contributed by atoms with Crippen molar-refractivity contribution >= 4 is 5.78 Å². The average Bonchev–Trinajstić information content (AvgIpc) is 2.17. The highest BCUT2D eigenvalue weighted by Gasteiger charge is 2.29. The van der Waals surface area contributed by atoms with Crippen LogP contribution in [0.1, 0.15) is 32.8 Å². The van der Waals surface area contributed by atoms with Gasteiger partial charge in [0, 0.05) is 0 Å². The highest BCUT2D eigenvalue weighted by atomic mass is 16.1. The lowest BCUT2D eigenvalue weighted by atomic mass is 9.77. The summed E-state index contributed by atoms with van der Waals surface area (Å²) in [5, 5.41) is 0. The van der Waals surface area contributed by atoms with Crippen molar-refractivity contribution in [2.75, 3.05) is 0 Å². The van der Waals surface area contributed by atoms with E-state index in [0.717, 1.165) is 12.0 Å². The third-order valence-electron chi connectivity index (χ3n) is 2.90. The minimum atomic E-state index is -0.304. The molecule has 0 heterocycles. The summed E-state index contributed by atoms with van der Waals surface area (Å²) in [6.07, 6.45) is 0.854. The van der Waals surface area contributed by atoms with Crippen molar-refractivity contribution in [3.8, 4) is 0 Å². The van der Waals surface area contributed by atoms with E-state index in [9.17, 15) is 4.79 Å². The fourth-order valence-corrected chi connectivity index (χ4v) is 1.46. The van der Waals surface area contributed by atoms with Crippen LogP contribution < -0.4 is 0 Å². The van der Waals surface area contributed by atoms with E-state index in [4.69, 9.17) is 0 Å². The van der Waals surface area contributed by atoms with Crippen molar-refractivity contribution < 1.29 is 4.79 Å². The molecule has 1 aromatic rings. The number of carbonyl (C=O) groups excluding carboxylic acids is 1. The molecule has 0 amide bonds. The number of ketones is 1. The Bertz CT molecular complexity index is 289. The van der Waals surface area contributed by atoms with E-state index in [2.05, 4.69) is 6.92 Å². The van der Waals surface area contributed by atoms with E-state index < -0.39 is 0 Å². The molecule has 0 saturated carbocycles. The van der Waals surface area contributed by atoms with Crippen molar-refractivity contribution in [2.45, 2.75) is 32.6 Å². The number of hydrogen-bond donors (Lipinski definition) is 0. The monoisotopic (exact) mass is 176 g/mol. The summed E-state index contributed by atoms with van der Waals surface area (Å²) in [4.78, 5) is 11.5. The van der Waals surface area contributed by atoms with Crippen LogP contribution in [0.3, 0.4) is 0 Å². The Labute approximate surface area is 79.8 Å². The van der Waals surface area contributed by atoms with E-state index in [1.807, 2.05) is 37.3 Å². The molecule has 1 unspecified atom stereocenters. The van der Waals surface area contributed by atoms with E-state index in [0.29, 0.717) is 0 Å². The molecule has 70 valence electrons. The molecule has 0 fully saturated rings. The van der Waals surface area contributed by atoms with Crippen LogP contribution in [0.25, 0.3) is 0 Å². The number of rotatable bonds is 3. The molecule has 0 aliphatic heterocycles. The average molecular weight is 176 g/mol. The van der Waals surface area contributed by atoms with Gasteiger partial charge in [0.15, 0.2) is 0 Å². The number of benzene rings is 1. The second kappa shape index (κ2) is 3.73. The Kier molecular flexibility index (Phi) is 2.86. The maximum atomic E-state index is 11.5. The van der Waals surface area contributed by atoms with Gasteiger partial charge in [-0.3, -0.25) is 4.79 Å². The normalized spacial score (nSPS) is 15.0. The van der Waals surface area contributed by atoms with Crippen molar-refractivity contribution in [1.82, 2.24) is 0 Å². The minimum absolute atomic E-state index is 0.237. The fraction of sp³-hybridized carbons (Fsp3) is 0.417. The third kappa shape index (κ3) is 1.80. The summed E-state index contributed by atoms with van der Waals surface area (Å²) in [5.41, 5.74) is 0.811. The van der Waals surface area contributed by atoms with E-state index in [1.165, 1.54) is 0 Å². The number of carbonyl (C=O) groups is 1. The van der Waals surface area contributed by atoms with Crippen molar-refractivity contribution in [3.05, 3.63) is 35.9 Å². The van der Waals surface area contributed by atoms with Gasteiger partial charge >= 0.3 is 0 Å². The lowest BCUT2D eigenvalue weighted by Crippen LogP contribution is -2.29. The second-order valence-corrected chi connectivity index (χ2v) is 3.61. The van der Waals surface area contributed by atoms with Gasteiger partial charge < -0.3 is 0 Å². The Morgan fingerprint density at radius 2 is 1.85 bits per heavy atom. The van der Waals surface area contributed by atoms with Crippen LogP contribution >= 0.6 is 0 Å². The molecule has 0 aliphatic rings. The highest BCUT2D eigenvalue weighted by Crippen LogP contribution is 2.27. The molecule has 1 aromatic carbocycles. The molecule has 0 spiro atoms. The fourth-order valence-electron chi connectivity index (χ4n) is 1.46. The molecular weight excluding hydrogens is 160 g/mol. The van der Waals surface area contributed by atoms with Crippen molar-refractivity contribution in [1.29, 1.82) is 0 Å². The maximum Gasteiger partial charge on any atom is 0.140 e. The zero-order valence-electron chi connectivity index (χ0n) is 8.50. The predicted molar refractivity (Wildman–Crippen MR) is 54.8 cm³/mol. The summed E-state index contributed by atoms with van der Waals surface area (Å²) in [6.45, 7) is 5.72. The van der Waals surface area contributed by atoms with E-state index in [1.54, 1.807) is 6.92 Å². The lowest BCUT2D eigenvalue weighted by Gasteiger charge is -2.25. The van der Waals surface area contributed by atoms with E-state index in [-0.39, 0.29) is 11.2 Å². The summed E-state index contributed by atoms with van der Waals surface area (Å²) in [6, 6.07) is 9.97. The van der Waals surface area contributed by atoms with Crippen molar-refractivity contribution in [2.24, 2.45) is 0 Å². The van der Waals surface area contributed by atoms with E-state index >= 15 is 0 Å². The van der Waals surface area contributed by atoms with Crippen LogP contribution in [0.4, 0.5) is 0 Å². The first-order valence-electron chi connectivity index (χ1n) is 4.68. The molecule has 0 N–H and O–H groups in total. The number of hydrogen-bond acceptors (Lipinski definition) is 1. The van der Waals surface area contributed by atoms with Gasteiger partial charge in [-0.05, 0) is 25.8 Å². The predicted octanol–water partition coefficient (Wildman–Crippen LogP) is 2.94. The minimum Gasteiger partial charge on any atom is -0.299 e. The lowest BCUT2D eigenvalue weighted by molar-refractivity contribution is -0.122. The zero-order chi connectivity index (χ0) is 9.90. The Morgan fingerprint density at radius 1 is 1.31 bits per heavy atom. The molecule has 0 aliphatic carbocycles. The van der Waals surface area contributed by atoms with Crippen LogP contribution in [0.15, 0.2) is 30.3 Å². The van der Waals surface area contributed by atoms with Gasteiger partial charge in [-0.2, -0.15) is 0 Å². The van der Waals surface area contributed by atoms with Crippen LogP contribution in [0.2, 0.25) is 0 Å².